The standard InChI is InChI=1S/C11H16F3N3/c1-4-15-6-9-7(2)16-10(17-8(9)3)5-11(12,13)14/h15H,4-6H2,1-3H3. The van der Waals surface area contributed by atoms with Crippen molar-refractivity contribution >= 4 is 0 Å². The van der Waals surface area contributed by atoms with Crippen LogP contribution in [0.25, 0.3) is 0 Å². The zero-order chi connectivity index (χ0) is 13.1. The summed E-state index contributed by atoms with van der Waals surface area (Å²) in [5, 5.41) is 3.11. The van der Waals surface area contributed by atoms with Gasteiger partial charge in [0.2, 0.25) is 0 Å². The molecule has 0 unspecified atom stereocenters. The van der Waals surface area contributed by atoms with Crippen LogP contribution >= 0.6 is 0 Å². The second kappa shape index (κ2) is 5.44. The van der Waals surface area contributed by atoms with E-state index in [4.69, 9.17) is 0 Å². The number of rotatable bonds is 4. The molecule has 3 nitrogen and oxygen atoms in total. The van der Waals surface area contributed by atoms with Gasteiger partial charge in [0.25, 0.3) is 0 Å². The molecule has 1 heterocycles. The van der Waals surface area contributed by atoms with E-state index in [9.17, 15) is 13.2 Å². The summed E-state index contributed by atoms with van der Waals surface area (Å²) in [6.45, 7) is 6.76. The van der Waals surface area contributed by atoms with Crippen molar-refractivity contribution in [2.45, 2.75) is 39.9 Å². The SMILES string of the molecule is CCNCc1c(C)nc(CC(F)(F)F)nc1C. The molecule has 0 radical (unpaired) electrons. The van der Waals surface area contributed by atoms with Crippen molar-refractivity contribution < 1.29 is 13.2 Å². The Kier molecular flexibility index (Phi) is 4.45. The Morgan fingerprint density at radius 3 is 2.06 bits per heavy atom. The summed E-state index contributed by atoms with van der Waals surface area (Å²) < 4.78 is 36.6. The van der Waals surface area contributed by atoms with Gasteiger partial charge in [-0.25, -0.2) is 9.97 Å². The van der Waals surface area contributed by atoms with Crippen molar-refractivity contribution in [1.82, 2.24) is 15.3 Å². The number of hydrogen-bond acceptors (Lipinski definition) is 3. The van der Waals surface area contributed by atoms with E-state index in [-0.39, 0.29) is 5.82 Å². The molecule has 1 aromatic heterocycles. The van der Waals surface area contributed by atoms with Crippen LogP contribution in [0.1, 0.15) is 29.7 Å². The Morgan fingerprint density at radius 2 is 1.65 bits per heavy atom. The van der Waals surface area contributed by atoms with E-state index < -0.39 is 12.6 Å². The van der Waals surface area contributed by atoms with E-state index in [1.54, 1.807) is 13.8 Å². The van der Waals surface area contributed by atoms with Gasteiger partial charge in [-0.1, -0.05) is 6.92 Å². The highest BCUT2D eigenvalue weighted by Gasteiger charge is 2.29. The molecule has 1 aromatic rings. The molecule has 0 aliphatic rings. The highest BCUT2D eigenvalue weighted by molar-refractivity contribution is 5.24. The van der Waals surface area contributed by atoms with Gasteiger partial charge in [0.15, 0.2) is 0 Å². The third-order valence-corrected chi connectivity index (χ3v) is 2.38. The number of hydrogen-bond donors (Lipinski definition) is 1. The molecule has 6 heteroatoms. The first-order chi connectivity index (χ1) is 7.83. The fraction of sp³-hybridized carbons (Fsp3) is 0.636. The van der Waals surface area contributed by atoms with Gasteiger partial charge in [-0.05, 0) is 20.4 Å². The lowest BCUT2D eigenvalue weighted by atomic mass is 10.1. The molecule has 0 spiro atoms. The van der Waals surface area contributed by atoms with E-state index in [1.807, 2.05) is 6.92 Å². The van der Waals surface area contributed by atoms with Crippen LogP contribution in [0.4, 0.5) is 13.2 Å². The monoisotopic (exact) mass is 247 g/mol. The van der Waals surface area contributed by atoms with Gasteiger partial charge in [-0.15, -0.1) is 0 Å². The van der Waals surface area contributed by atoms with Crippen molar-refractivity contribution in [3.8, 4) is 0 Å². The quantitative estimate of drug-likeness (QED) is 0.887. The molecule has 0 aliphatic heterocycles. The third kappa shape index (κ3) is 4.30. The first-order valence-corrected chi connectivity index (χ1v) is 5.44. The average molecular weight is 247 g/mol. The van der Waals surface area contributed by atoms with Gasteiger partial charge in [0, 0.05) is 23.5 Å². The largest absolute Gasteiger partial charge is 0.396 e. The Morgan fingerprint density at radius 1 is 1.12 bits per heavy atom. The van der Waals surface area contributed by atoms with Crippen LogP contribution in [0.3, 0.4) is 0 Å². The van der Waals surface area contributed by atoms with Gasteiger partial charge >= 0.3 is 6.18 Å². The van der Waals surface area contributed by atoms with Crippen LogP contribution in [-0.2, 0) is 13.0 Å². The van der Waals surface area contributed by atoms with Crippen molar-refractivity contribution in [3.63, 3.8) is 0 Å². The Labute approximate surface area is 98.5 Å². The summed E-state index contributed by atoms with van der Waals surface area (Å²) in [7, 11) is 0. The molecule has 0 fully saturated rings. The van der Waals surface area contributed by atoms with Crippen LogP contribution < -0.4 is 5.32 Å². The van der Waals surface area contributed by atoms with Crippen LogP contribution in [-0.4, -0.2) is 22.7 Å². The molecule has 0 saturated heterocycles. The van der Waals surface area contributed by atoms with Crippen molar-refractivity contribution in [2.75, 3.05) is 6.54 Å². The van der Waals surface area contributed by atoms with E-state index in [2.05, 4.69) is 15.3 Å². The number of halogens is 3. The molecule has 0 aliphatic carbocycles. The second-order valence-electron chi connectivity index (χ2n) is 3.86. The van der Waals surface area contributed by atoms with Gasteiger partial charge < -0.3 is 5.32 Å². The molecule has 0 saturated carbocycles. The van der Waals surface area contributed by atoms with E-state index >= 15 is 0 Å². The zero-order valence-electron chi connectivity index (χ0n) is 10.1. The summed E-state index contributed by atoms with van der Waals surface area (Å²) in [5.74, 6) is -0.159. The second-order valence-corrected chi connectivity index (χ2v) is 3.86. The predicted octanol–water partition coefficient (Wildman–Crippen LogP) is 2.31. The first-order valence-electron chi connectivity index (χ1n) is 5.44. The fourth-order valence-electron chi connectivity index (χ4n) is 1.57. The summed E-state index contributed by atoms with van der Waals surface area (Å²) in [5.41, 5.74) is 2.09. The molecule has 96 valence electrons. The van der Waals surface area contributed by atoms with Crippen LogP contribution in [0.15, 0.2) is 0 Å². The molecular formula is C11H16F3N3. The summed E-state index contributed by atoms with van der Waals surface area (Å²) in [6, 6.07) is 0. The number of aromatic nitrogens is 2. The predicted molar refractivity (Wildman–Crippen MR) is 58.6 cm³/mol. The molecule has 1 rings (SSSR count). The van der Waals surface area contributed by atoms with Crippen LogP contribution in [0, 0.1) is 13.8 Å². The smallest absolute Gasteiger partial charge is 0.313 e. The lowest BCUT2D eigenvalue weighted by molar-refractivity contribution is -0.128. The van der Waals surface area contributed by atoms with Crippen molar-refractivity contribution in [2.24, 2.45) is 0 Å². The molecule has 1 N–H and O–H groups in total. The Balaban J connectivity index is 2.93. The number of nitrogens with one attached hydrogen (secondary N) is 1. The van der Waals surface area contributed by atoms with Gasteiger partial charge in [0.05, 0.1) is 0 Å². The van der Waals surface area contributed by atoms with E-state index in [1.165, 1.54) is 0 Å². The highest BCUT2D eigenvalue weighted by Crippen LogP contribution is 2.20. The maximum Gasteiger partial charge on any atom is 0.396 e. The molecule has 17 heavy (non-hydrogen) atoms. The van der Waals surface area contributed by atoms with E-state index in [0.29, 0.717) is 17.9 Å². The van der Waals surface area contributed by atoms with Crippen LogP contribution in [0.2, 0.25) is 0 Å². The molecular weight excluding hydrogens is 231 g/mol. The van der Waals surface area contributed by atoms with Gasteiger partial charge in [-0.3, -0.25) is 0 Å². The fourth-order valence-corrected chi connectivity index (χ4v) is 1.57. The van der Waals surface area contributed by atoms with Gasteiger partial charge in [0.1, 0.15) is 12.2 Å². The minimum Gasteiger partial charge on any atom is -0.313 e. The molecule has 0 bridgehead atoms. The topological polar surface area (TPSA) is 37.8 Å². The highest BCUT2D eigenvalue weighted by atomic mass is 19.4. The zero-order valence-corrected chi connectivity index (χ0v) is 10.1. The van der Waals surface area contributed by atoms with Crippen molar-refractivity contribution in [3.05, 3.63) is 22.8 Å². The Bertz CT molecular complexity index is 365. The van der Waals surface area contributed by atoms with Crippen molar-refractivity contribution in [1.29, 1.82) is 0 Å². The summed E-state index contributed by atoms with van der Waals surface area (Å²) in [4.78, 5) is 7.80. The molecule has 0 amide bonds. The maximum atomic E-state index is 12.2. The lowest BCUT2D eigenvalue weighted by Crippen LogP contribution is -2.19. The number of aryl methyl sites for hydroxylation is 2. The lowest BCUT2D eigenvalue weighted by Gasteiger charge is -2.12. The molecule has 0 aromatic carbocycles. The first kappa shape index (κ1) is 13.9. The number of nitrogens with zero attached hydrogens (tertiary/aromatic N) is 2. The minimum absolute atomic E-state index is 0.159. The normalized spacial score (nSPS) is 11.9. The molecule has 0 atom stereocenters. The summed E-state index contributed by atoms with van der Waals surface area (Å²) >= 11 is 0. The van der Waals surface area contributed by atoms with Crippen LogP contribution in [0.5, 0.6) is 0 Å². The van der Waals surface area contributed by atoms with Gasteiger partial charge in [-0.2, -0.15) is 13.2 Å². The minimum atomic E-state index is -4.26. The average Bonchev–Trinajstić information content (AvgIpc) is 2.13. The third-order valence-electron chi connectivity index (χ3n) is 2.38. The Hall–Kier alpha value is -1.17. The number of alkyl halides is 3. The maximum absolute atomic E-state index is 12.2. The van der Waals surface area contributed by atoms with E-state index in [0.717, 1.165) is 12.1 Å². The summed E-state index contributed by atoms with van der Waals surface area (Å²) in [6.07, 6.45) is -5.34.